The highest BCUT2D eigenvalue weighted by Crippen LogP contribution is 2.09. The van der Waals surface area contributed by atoms with Crippen molar-refractivity contribution in [2.24, 2.45) is 0 Å². The number of hydrogen-bond acceptors (Lipinski definition) is 4. The van der Waals surface area contributed by atoms with Gasteiger partial charge in [0, 0.05) is 37.5 Å². The second-order valence-corrected chi connectivity index (χ2v) is 5.24. The number of benzene rings is 1. The first kappa shape index (κ1) is 19.0. The third-order valence-electron chi connectivity index (χ3n) is 3.04. The largest absolute Gasteiger partial charge is 0.389 e. The fourth-order valence-corrected chi connectivity index (χ4v) is 1.93. The van der Waals surface area contributed by atoms with Gasteiger partial charge in [0.2, 0.25) is 0 Å². The molecule has 1 rings (SSSR count). The molecule has 0 aromatic heterocycles. The van der Waals surface area contributed by atoms with Crippen molar-refractivity contribution in [3.63, 3.8) is 0 Å². The monoisotopic (exact) mass is 335 g/mol. The molecule has 1 aromatic rings. The molecular formula is C17H22ClN3O2. The Morgan fingerprint density at radius 1 is 1.35 bits per heavy atom. The van der Waals surface area contributed by atoms with Crippen LogP contribution in [-0.4, -0.2) is 32.2 Å². The highest BCUT2D eigenvalue weighted by Gasteiger charge is 2.07. The van der Waals surface area contributed by atoms with Crippen molar-refractivity contribution in [3.8, 4) is 6.07 Å². The summed E-state index contributed by atoms with van der Waals surface area (Å²) in [6.07, 6.45) is 2.96. The van der Waals surface area contributed by atoms with Crippen molar-refractivity contribution in [2.45, 2.75) is 19.8 Å². The summed E-state index contributed by atoms with van der Waals surface area (Å²) in [5.41, 5.74) is 1.20. The SMILES string of the molecule is CCOCCCNC(=O)/C(C#N)=C\NCCc1ccc(Cl)cc1. The molecule has 1 aromatic carbocycles. The molecule has 1 amide bonds. The highest BCUT2D eigenvalue weighted by atomic mass is 35.5. The lowest BCUT2D eigenvalue weighted by Gasteiger charge is -2.05. The molecule has 124 valence electrons. The normalized spacial score (nSPS) is 10.9. The third kappa shape index (κ3) is 8.24. The summed E-state index contributed by atoms with van der Waals surface area (Å²) in [6.45, 7) is 4.30. The van der Waals surface area contributed by atoms with E-state index in [4.69, 9.17) is 21.6 Å². The van der Waals surface area contributed by atoms with Gasteiger partial charge < -0.3 is 15.4 Å². The molecule has 0 bridgehead atoms. The van der Waals surface area contributed by atoms with E-state index in [2.05, 4.69) is 10.6 Å². The van der Waals surface area contributed by atoms with Crippen LogP contribution < -0.4 is 10.6 Å². The van der Waals surface area contributed by atoms with Crippen molar-refractivity contribution in [1.29, 1.82) is 5.26 Å². The van der Waals surface area contributed by atoms with Crippen LogP contribution in [0.25, 0.3) is 0 Å². The molecule has 5 nitrogen and oxygen atoms in total. The minimum atomic E-state index is -0.372. The van der Waals surface area contributed by atoms with Crippen molar-refractivity contribution in [2.75, 3.05) is 26.3 Å². The Bertz CT molecular complexity index is 550. The number of nitrogens with zero attached hydrogens (tertiary/aromatic N) is 1. The first-order valence-electron chi connectivity index (χ1n) is 7.61. The fourth-order valence-electron chi connectivity index (χ4n) is 1.81. The Morgan fingerprint density at radius 3 is 2.74 bits per heavy atom. The maximum atomic E-state index is 11.8. The average Bonchev–Trinajstić information content (AvgIpc) is 2.56. The fraction of sp³-hybridized carbons (Fsp3) is 0.412. The molecule has 0 spiro atoms. The molecule has 0 saturated carbocycles. The van der Waals surface area contributed by atoms with Crippen LogP contribution >= 0.6 is 11.6 Å². The van der Waals surface area contributed by atoms with Gasteiger partial charge >= 0.3 is 0 Å². The maximum Gasteiger partial charge on any atom is 0.263 e. The second kappa shape index (κ2) is 11.5. The lowest BCUT2D eigenvalue weighted by atomic mass is 10.1. The molecule has 0 aliphatic rings. The quantitative estimate of drug-likeness (QED) is 0.391. The van der Waals surface area contributed by atoms with Crippen LogP contribution in [0.2, 0.25) is 5.02 Å². The van der Waals surface area contributed by atoms with E-state index in [1.807, 2.05) is 37.3 Å². The first-order valence-corrected chi connectivity index (χ1v) is 7.99. The van der Waals surface area contributed by atoms with Gasteiger partial charge in [0.05, 0.1) is 0 Å². The Hall–Kier alpha value is -2.03. The van der Waals surface area contributed by atoms with Gasteiger partial charge in [0.15, 0.2) is 0 Å². The molecule has 0 aliphatic carbocycles. The minimum absolute atomic E-state index is 0.0671. The average molecular weight is 336 g/mol. The molecule has 6 heteroatoms. The summed E-state index contributed by atoms with van der Waals surface area (Å²) >= 11 is 5.82. The van der Waals surface area contributed by atoms with Gasteiger partial charge in [0.25, 0.3) is 5.91 Å². The van der Waals surface area contributed by atoms with Gasteiger partial charge in [-0.1, -0.05) is 23.7 Å². The molecule has 0 heterocycles. The molecule has 0 atom stereocenters. The van der Waals surface area contributed by atoms with Crippen molar-refractivity contribution >= 4 is 17.5 Å². The standard InChI is InChI=1S/C17H22ClN3O2/c1-2-23-11-3-9-21-17(22)15(12-19)13-20-10-8-14-4-6-16(18)7-5-14/h4-7,13,20H,2-3,8-11H2,1H3,(H,21,22)/b15-13-. The second-order valence-electron chi connectivity index (χ2n) is 4.81. The number of ether oxygens (including phenoxy) is 1. The Morgan fingerprint density at radius 2 is 2.09 bits per heavy atom. The minimum Gasteiger partial charge on any atom is -0.389 e. The Balaban J connectivity index is 2.30. The lowest BCUT2D eigenvalue weighted by molar-refractivity contribution is -0.117. The van der Waals surface area contributed by atoms with Crippen LogP contribution in [0.4, 0.5) is 0 Å². The molecule has 0 unspecified atom stereocenters. The first-order chi connectivity index (χ1) is 11.2. The van der Waals surface area contributed by atoms with Gasteiger partial charge in [0.1, 0.15) is 11.6 Å². The summed E-state index contributed by atoms with van der Waals surface area (Å²) in [6, 6.07) is 9.47. The Labute approximate surface area is 142 Å². The predicted molar refractivity (Wildman–Crippen MR) is 91.0 cm³/mol. The van der Waals surface area contributed by atoms with E-state index in [9.17, 15) is 4.79 Å². The zero-order valence-corrected chi connectivity index (χ0v) is 14.0. The van der Waals surface area contributed by atoms with Gasteiger partial charge in [-0.3, -0.25) is 4.79 Å². The van der Waals surface area contributed by atoms with E-state index < -0.39 is 0 Å². The zero-order valence-electron chi connectivity index (χ0n) is 13.3. The van der Waals surface area contributed by atoms with Gasteiger partial charge in [-0.15, -0.1) is 0 Å². The number of carbonyl (C=O) groups excluding carboxylic acids is 1. The zero-order chi connectivity index (χ0) is 16.9. The van der Waals surface area contributed by atoms with Gasteiger partial charge in [-0.2, -0.15) is 5.26 Å². The topological polar surface area (TPSA) is 74.1 Å². The van der Waals surface area contributed by atoms with E-state index >= 15 is 0 Å². The molecule has 0 aliphatic heterocycles. The van der Waals surface area contributed by atoms with E-state index in [0.29, 0.717) is 31.3 Å². The number of rotatable bonds is 10. The highest BCUT2D eigenvalue weighted by molar-refractivity contribution is 6.30. The van der Waals surface area contributed by atoms with E-state index in [1.54, 1.807) is 0 Å². The number of nitrogens with one attached hydrogen (secondary N) is 2. The summed E-state index contributed by atoms with van der Waals surface area (Å²) in [5.74, 6) is -0.372. The van der Waals surface area contributed by atoms with Crippen LogP contribution in [0.1, 0.15) is 18.9 Å². The van der Waals surface area contributed by atoms with Gasteiger partial charge in [-0.25, -0.2) is 0 Å². The number of amides is 1. The predicted octanol–water partition coefficient (Wildman–Crippen LogP) is 2.42. The van der Waals surface area contributed by atoms with Crippen LogP contribution in [-0.2, 0) is 16.0 Å². The van der Waals surface area contributed by atoms with Crippen molar-refractivity contribution in [1.82, 2.24) is 10.6 Å². The third-order valence-corrected chi connectivity index (χ3v) is 3.29. The van der Waals surface area contributed by atoms with E-state index in [1.165, 1.54) is 6.20 Å². The van der Waals surface area contributed by atoms with Crippen LogP contribution in [0.15, 0.2) is 36.0 Å². The van der Waals surface area contributed by atoms with Gasteiger partial charge in [-0.05, 0) is 37.5 Å². The number of carbonyl (C=O) groups is 1. The lowest BCUT2D eigenvalue weighted by Crippen LogP contribution is -2.27. The van der Waals surface area contributed by atoms with Crippen LogP contribution in [0, 0.1) is 11.3 Å². The molecule has 0 radical (unpaired) electrons. The van der Waals surface area contributed by atoms with Crippen molar-refractivity contribution < 1.29 is 9.53 Å². The van der Waals surface area contributed by atoms with E-state index in [0.717, 1.165) is 18.4 Å². The number of halogens is 1. The molecule has 23 heavy (non-hydrogen) atoms. The number of hydrogen-bond donors (Lipinski definition) is 2. The molecule has 0 saturated heterocycles. The maximum absolute atomic E-state index is 11.8. The van der Waals surface area contributed by atoms with Crippen LogP contribution in [0.3, 0.4) is 0 Å². The summed E-state index contributed by atoms with van der Waals surface area (Å²) < 4.78 is 5.18. The number of nitriles is 1. The van der Waals surface area contributed by atoms with Crippen LogP contribution in [0.5, 0.6) is 0 Å². The molecule has 0 fully saturated rings. The summed E-state index contributed by atoms with van der Waals surface area (Å²) in [7, 11) is 0. The van der Waals surface area contributed by atoms with Crippen molar-refractivity contribution in [3.05, 3.63) is 46.6 Å². The molecular weight excluding hydrogens is 314 g/mol. The molecule has 2 N–H and O–H groups in total. The smallest absolute Gasteiger partial charge is 0.263 e. The van der Waals surface area contributed by atoms with E-state index in [-0.39, 0.29) is 11.5 Å². The Kier molecular flexibility index (Phi) is 9.53. The summed E-state index contributed by atoms with van der Waals surface area (Å²) in [5, 5.41) is 15.4. The summed E-state index contributed by atoms with van der Waals surface area (Å²) in [4.78, 5) is 11.8.